The van der Waals surface area contributed by atoms with Crippen molar-refractivity contribution < 1.29 is 18.8 Å². The van der Waals surface area contributed by atoms with Gasteiger partial charge in [0.05, 0.1) is 6.54 Å². The lowest BCUT2D eigenvalue weighted by Gasteiger charge is -2.55. The number of nitrogens with one attached hydrogen (secondary N) is 2. The molecular formula is C23H30FN3O3. The lowest BCUT2D eigenvalue weighted by atomic mass is 9.49. The highest BCUT2D eigenvalue weighted by atomic mass is 19.1. The maximum Gasteiger partial charge on any atom is 0.243 e. The summed E-state index contributed by atoms with van der Waals surface area (Å²) in [6.07, 6.45) is 7.03. The Kier molecular flexibility index (Phi) is 5.80. The molecule has 0 atom stereocenters. The van der Waals surface area contributed by atoms with Gasteiger partial charge < -0.3 is 15.5 Å². The van der Waals surface area contributed by atoms with Gasteiger partial charge in [-0.3, -0.25) is 14.4 Å². The van der Waals surface area contributed by atoms with Crippen molar-refractivity contribution in [3.05, 3.63) is 30.1 Å². The minimum Gasteiger partial charge on any atom is -0.355 e. The van der Waals surface area contributed by atoms with Gasteiger partial charge in [-0.15, -0.1) is 0 Å². The number of rotatable bonds is 7. The molecule has 1 aromatic rings. The molecule has 0 heterocycles. The number of halogens is 1. The van der Waals surface area contributed by atoms with E-state index in [1.807, 2.05) is 0 Å². The van der Waals surface area contributed by atoms with Gasteiger partial charge in [0.2, 0.25) is 17.7 Å². The standard InChI is InChI=1S/C23H30FN3O3/c1-27(14-20(28)26-19-4-2-18(24)3-5-19)21(29)6-7-25-22(30)23-11-15-8-16(12-23)10-17(9-15)13-23/h2-5,15-17H,6-14H2,1H3,(H,25,30)(H,26,28). The number of carbonyl (C=O) groups is 3. The minimum absolute atomic E-state index is 0.0981. The number of amides is 3. The molecule has 1 aromatic carbocycles. The molecule has 6 nitrogen and oxygen atoms in total. The van der Waals surface area contributed by atoms with Crippen LogP contribution < -0.4 is 10.6 Å². The monoisotopic (exact) mass is 415 g/mol. The van der Waals surface area contributed by atoms with Gasteiger partial charge in [0.15, 0.2) is 0 Å². The number of nitrogens with zero attached hydrogens (tertiary/aromatic N) is 1. The molecule has 0 unspecified atom stereocenters. The Balaban J connectivity index is 1.20. The van der Waals surface area contributed by atoms with Crippen molar-refractivity contribution in [3.63, 3.8) is 0 Å². The highest BCUT2D eigenvalue weighted by molar-refractivity contribution is 5.94. The summed E-state index contributed by atoms with van der Waals surface area (Å²) in [5, 5.41) is 5.64. The van der Waals surface area contributed by atoms with Gasteiger partial charge in [0.25, 0.3) is 0 Å². The molecule has 4 aliphatic carbocycles. The first-order valence-electron chi connectivity index (χ1n) is 10.9. The SMILES string of the molecule is CN(CC(=O)Nc1ccc(F)cc1)C(=O)CCNC(=O)C12CC3CC(CC(C3)C1)C2. The lowest BCUT2D eigenvalue weighted by Crippen LogP contribution is -2.53. The van der Waals surface area contributed by atoms with E-state index in [1.54, 1.807) is 7.05 Å². The zero-order valence-electron chi connectivity index (χ0n) is 17.5. The normalized spacial score (nSPS) is 28.8. The average Bonchev–Trinajstić information content (AvgIpc) is 2.68. The van der Waals surface area contributed by atoms with E-state index >= 15 is 0 Å². The summed E-state index contributed by atoms with van der Waals surface area (Å²) in [6, 6.07) is 5.46. The Labute approximate surface area is 176 Å². The van der Waals surface area contributed by atoms with E-state index in [4.69, 9.17) is 0 Å². The molecule has 2 N–H and O–H groups in total. The maximum absolute atomic E-state index is 12.9. The summed E-state index contributed by atoms with van der Waals surface area (Å²) in [7, 11) is 1.56. The molecule has 0 aromatic heterocycles. The quantitative estimate of drug-likeness (QED) is 0.719. The summed E-state index contributed by atoms with van der Waals surface area (Å²) >= 11 is 0. The largest absolute Gasteiger partial charge is 0.355 e. The summed E-state index contributed by atoms with van der Waals surface area (Å²) < 4.78 is 12.9. The van der Waals surface area contributed by atoms with Crippen LogP contribution in [0.2, 0.25) is 0 Å². The highest BCUT2D eigenvalue weighted by Gasteiger charge is 2.54. The predicted molar refractivity (Wildman–Crippen MR) is 111 cm³/mol. The van der Waals surface area contributed by atoms with Gasteiger partial charge in [0, 0.05) is 31.1 Å². The Morgan fingerprint density at radius 2 is 1.60 bits per heavy atom. The second kappa shape index (κ2) is 8.36. The fourth-order valence-electron chi connectivity index (χ4n) is 6.09. The fraction of sp³-hybridized carbons (Fsp3) is 0.609. The molecule has 0 aliphatic heterocycles. The summed E-state index contributed by atoms with van der Waals surface area (Å²) in [5.74, 6) is 1.30. The van der Waals surface area contributed by atoms with Crippen molar-refractivity contribution in [2.24, 2.45) is 23.2 Å². The number of hydrogen-bond donors (Lipinski definition) is 2. The van der Waals surface area contributed by atoms with Crippen LogP contribution in [0, 0.1) is 29.0 Å². The zero-order valence-corrected chi connectivity index (χ0v) is 17.5. The van der Waals surface area contributed by atoms with Crippen LogP contribution in [0.15, 0.2) is 24.3 Å². The van der Waals surface area contributed by atoms with E-state index in [2.05, 4.69) is 10.6 Å². The van der Waals surface area contributed by atoms with E-state index < -0.39 is 0 Å². The van der Waals surface area contributed by atoms with Crippen molar-refractivity contribution in [3.8, 4) is 0 Å². The third kappa shape index (κ3) is 4.50. The number of benzene rings is 1. The van der Waals surface area contributed by atoms with Crippen LogP contribution in [-0.4, -0.2) is 42.8 Å². The van der Waals surface area contributed by atoms with Crippen LogP contribution >= 0.6 is 0 Å². The Bertz CT molecular complexity index is 788. The van der Waals surface area contributed by atoms with Crippen molar-refractivity contribution in [2.75, 3.05) is 25.5 Å². The van der Waals surface area contributed by atoms with Gasteiger partial charge >= 0.3 is 0 Å². The Morgan fingerprint density at radius 1 is 1.03 bits per heavy atom. The number of likely N-dealkylation sites (N-methyl/N-ethyl adjacent to an activating group) is 1. The van der Waals surface area contributed by atoms with Crippen LogP contribution in [0.1, 0.15) is 44.9 Å². The molecule has 4 aliphatic rings. The van der Waals surface area contributed by atoms with Gasteiger partial charge in [-0.1, -0.05) is 0 Å². The van der Waals surface area contributed by atoms with Gasteiger partial charge in [-0.25, -0.2) is 4.39 Å². The molecule has 0 saturated heterocycles. The first-order chi connectivity index (χ1) is 14.3. The van der Waals surface area contributed by atoms with Crippen LogP contribution in [0.3, 0.4) is 0 Å². The number of carbonyl (C=O) groups excluding carboxylic acids is 3. The maximum atomic E-state index is 12.9. The molecule has 4 fully saturated rings. The Hall–Kier alpha value is -2.44. The lowest BCUT2D eigenvalue weighted by molar-refractivity contribution is -0.146. The van der Waals surface area contributed by atoms with Crippen molar-refractivity contribution in [1.82, 2.24) is 10.2 Å². The second-order valence-corrected chi connectivity index (χ2v) is 9.51. The molecule has 5 rings (SSSR count). The summed E-state index contributed by atoms with van der Waals surface area (Å²) in [6.45, 7) is 0.197. The van der Waals surface area contributed by atoms with E-state index in [-0.39, 0.29) is 41.9 Å². The molecule has 0 radical (unpaired) electrons. The second-order valence-electron chi connectivity index (χ2n) is 9.51. The number of anilines is 1. The van der Waals surface area contributed by atoms with Gasteiger partial charge in [0.1, 0.15) is 5.82 Å². The topological polar surface area (TPSA) is 78.5 Å². The van der Waals surface area contributed by atoms with Crippen LogP contribution in [0.5, 0.6) is 0 Å². The van der Waals surface area contributed by atoms with E-state index in [0.29, 0.717) is 30.0 Å². The summed E-state index contributed by atoms with van der Waals surface area (Å²) in [4.78, 5) is 38.7. The third-order valence-corrected chi connectivity index (χ3v) is 7.08. The van der Waals surface area contributed by atoms with Crippen LogP contribution in [-0.2, 0) is 14.4 Å². The predicted octanol–water partition coefficient (Wildman–Crippen LogP) is 2.95. The van der Waals surface area contributed by atoms with Crippen molar-refractivity contribution >= 4 is 23.4 Å². The first-order valence-corrected chi connectivity index (χ1v) is 10.9. The molecule has 30 heavy (non-hydrogen) atoms. The molecule has 0 spiro atoms. The van der Waals surface area contributed by atoms with E-state index in [1.165, 1.54) is 48.4 Å². The smallest absolute Gasteiger partial charge is 0.243 e. The average molecular weight is 416 g/mol. The molecule has 162 valence electrons. The van der Waals surface area contributed by atoms with Gasteiger partial charge in [-0.2, -0.15) is 0 Å². The van der Waals surface area contributed by atoms with E-state index in [9.17, 15) is 18.8 Å². The van der Waals surface area contributed by atoms with Crippen LogP contribution in [0.4, 0.5) is 10.1 Å². The minimum atomic E-state index is -0.379. The molecule has 4 saturated carbocycles. The van der Waals surface area contributed by atoms with Crippen molar-refractivity contribution in [2.45, 2.75) is 44.9 Å². The first kappa shape index (κ1) is 20.8. The van der Waals surface area contributed by atoms with Crippen LogP contribution in [0.25, 0.3) is 0 Å². The zero-order chi connectivity index (χ0) is 21.3. The third-order valence-electron chi connectivity index (χ3n) is 7.08. The summed E-state index contributed by atoms with van der Waals surface area (Å²) in [5.41, 5.74) is 0.267. The highest BCUT2D eigenvalue weighted by Crippen LogP contribution is 2.60. The fourth-order valence-corrected chi connectivity index (χ4v) is 6.09. The number of hydrogen-bond acceptors (Lipinski definition) is 3. The molecule has 7 heteroatoms. The molecule has 4 bridgehead atoms. The Morgan fingerprint density at radius 3 is 2.17 bits per heavy atom. The molecule has 3 amide bonds. The van der Waals surface area contributed by atoms with Gasteiger partial charge in [-0.05, 0) is 80.5 Å². The van der Waals surface area contributed by atoms with Crippen molar-refractivity contribution in [1.29, 1.82) is 0 Å². The van der Waals surface area contributed by atoms with E-state index in [0.717, 1.165) is 19.3 Å². The molecular weight excluding hydrogens is 385 g/mol.